The summed E-state index contributed by atoms with van der Waals surface area (Å²) in [4.78, 5) is 0. The average molecular weight is 291 g/mol. The summed E-state index contributed by atoms with van der Waals surface area (Å²) in [6.07, 6.45) is 4.89. The highest BCUT2D eigenvalue weighted by molar-refractivity contribution is 7.89. The van der Waals surface area contributed by atoms with Crippen molar-refractivity contribution in [3.8, 4) is 0 Å². The molecule has 0 amide bonds. The van der Waals surface area contributed by atoms with Crippen LogP contribution >= 0.6 is 0 Å². The topological polar surface area (TPSA) is 69.4 Å². The van der Waals surface area contributed by atoms with Crippen LogP contribution in [0.1, 0.15) is 53.4 Å². The summed E-state index contributed by atoms with van der Waals surface area (Å²) in [5, 5.41) is 5.18. The molecule has 0 spiro atoms. The van der Waals surface area contributed by atoms with E-state index in [9.17, 15) is 8.42 Å². The van der Waals surface area contributed by atoms with E-state index < -0.39 is 10.0 Å². The van der Waals surface area contributed by atoms with E-state index in [0.29, 0.717) is 12.7 Å². The minimum Gasteiger partial charge on any atom is -0.378 e. The predicted molar refractivity (Wildman–Crippen MR) is 78.3 cm³/mol. The molecule has 1 fully saturated rings. The molecule has 0 aromatic carbocycles. The molecule has 0 radical (unpaired) electrons. The Morgan fingerprint density at radius 1 is 1.21 bits per heavy atom. The average Bonchev–Trinajstić information content (AvgIpc) is 2.23. The number of nitrogens with two attached hydrogens (primary N) is 1. The normalized spacial score (nSPS) is 27.2. The molecule has 0 heterocycles. The Balaban J connectivity index is 2.49. The van der Waals surface area contributed by atoms with E-state index >= 15 is 0 Å². The van der Waals surface area contributed by atoms with E-state index in [-0.39, 0.29) is 17.1 Å². The molecule has 0 aliphatic heterocycles. The summed E-state index contributed by atoms with van der Waals surface area (Å²) in [6.45, 7) is 8.87. The molecule has 1 rings (SSSR count). The largest absolute Gasteiger partial charge is 0.378 e. The highest BCUT2D eigenvalue weighted by atomic mass is 32.2. The second-order valence-corrected chi connectivity index (χ2v) is 8.77. The third kappa shape index (κ3) is 6.72. The van der Waals surface area contributed by atoms with Gasteiger partial charge in [0.05, 0.1) is 18.5 Å². The zero-order valence-corrected chi connectivity index (χ0v) is 13.5. The van der Waals surface area contributed by atoms with E-state index in [2.05, 4.69) is 6.92 Å². The molecular formula is C14H29NO3S. The van der Waals surface area contributed by atoms with Gasteiger partial charge in [0.15, 0.2) is 0 Å². The van der Waals surface area contributed by atoms with Crippen LogP contribution < -0.4 is 5.14 Å². The second-order valence-electron chi connectivity index (χ2n) is 7.11. The van der Waals surface area contributed by atoms with Crippen LogP contribution in [0.25, 0.3) is 0 Å². The van der Waals surface area contributed by atoms with Crippen molar-refractivity contribution >= 4 is 10.0 Å². The van der Waals surface area contributed by atoms with E-state index in [0.717, 1.165) is 18.8 Å². The first-order valence-electron chi connectivity index (χ1n) is 7.20. The Hall–Kier alpha value is -0.130. The fraction of sp³-hybridized carbons (Fsp3) is 1.00. The highest BCUT2D eigenvalue weighted by Gasteiger charge is 2.30. The second kappa shape index (κ2) is 6.55. The van der Waals surface area contributed by atoms with Crippen molar-refractivity contribution in [1.82, 2.24) is 0 Å². The van der Waals surface area contributed by atoms with Crippen LogP contribution in [0.4, 0.5) is 0 Å². The first-order chi connectivity index (χ1) is 8.58. The van der Waals surface area contributed by atoms with Crippen LogP contribution in [0.3, 0.4) is 0 Å². The summed E-state index contributed by atoms with van der Waals surface area (Å²) in [6, 6.07) is 0. The number of rotatable bonds is 5. The lowest BCUT2D eigenvalue weighted by Crippen LogP contribution is -2.36. The first-order valence-corrected chi connectivity index (χ1v) is 8.91. The van der Waals surface area contributed by atoms with Gasteiger partial charge >= 0.3 is 0 Å². The number of hydrogen-bond donors (Lipinski definition) is 1. The Kier molecular flexibility index (Phi) is 5.83. The first kappa shape index (κ1) is 16.9. The number of sulfonamides is 1. The summed E-state index contributed by atoms with van der Waals surface area (Å²) in [5.41, 5.74) is -0.117. The smallest absolute Gasteiger partial charge is 0.209 e. The standard InChI is InChI=1S/C14H29NO3S/c1-11-5-7-13(8-6-11)18-9-12(14(2,3)4)10-19(15,16)17/h11-13H,5-10H2,1-4H3,(H2,15,16,17). The Bertz CT molecular complexity index is 365. The lowest BCUT2D eigenvalue weighted by molar-refractivity contribution is -0.0148. The van der Waals surface area contributed by atoms with Gasteiger partial charge in [0.2, 0.25) is 10.0 Å². The van der Waals surface area contributed by atoms with E-state index in [1.54, 1.807) is 0 Å². The maximum atomic E-state index is 11.3. The van der Waals surface area contributed by atoms with Crippen molar-refractivity contribution in [3.63, 3.8) is 0 Å². The Morgan fingerprint density at radius 3 is 2.16 bits per heavy atom. The van der Waals surface area contributed by atoms with E-state index in [1.807, 2.05) is 20.8 Å². The van der Waals surface area contributed by atoms with Crippen LogP contribution in [0.5, 0.6) is 0 Å². The third-order valence-corrected chi connectivity index (χ3v) is 5.02. The van der Waals surface area contributed by atoms with E-state index in [1.165, 1.54) is 12.8 Å². The highest BCUT2D eigenvalue weighted by Crippen LogP contribution is 2.30. The van der Waals surface area contributed by atoms with Crippen LogP contribution in [0.15, 0.2) is 0 Å². The molecule has 0 bridgehead atoms. The molecule has 1 unspecified atom stereocenters. The monoisotopic (exact) mass is 291 g/mol. The van der Waals surface area contributed by atoms with Crippen LogP contribution in [-0.2, 0) is 14.8 Å². The zero-order valence-electron chi connectivity index (χ0n) is 12.7. The molecule has 1 saturated carbocycles. The van der Waals surface area contributed by atoms with Gasteiger partial charge in [-0.3, -0.25) is 0 Å². The molecule has 114 valence electrons. The molecule has 4 nitrogen and oxygen atoms in total. The molecule has 0 aromatic rings. The molecule has 0 saturated heterocycles. The summed E-state index contributed by atoms with van der Waals surface area (Å²) >= 11 is 0. The summed E-state index contributed by atoms with van der Waals surface area (Å²) in [7, 11) is -3.45. The minimum atomic E-state index is -3.45. The Labute approximate surface area is 118 Å². The predicted octanol–water partition coefficient (Wildman–Crippen LogP) is 2.53. The van der Waals surface area contributed by atoms with Gasteiger partial charge in [-0.05, 0) is 37.0 Å². The fourth-order valence-corrected chi connectivity index (χ4v) is 3.63. The summed E-state index contributed by atoms with van der Waals surface area (Å²) in [5.74, 6) is 0.740. The molecule has 5 heteroatoms. The molecule has 2 N–H and O–H groups in total. The van der Waals surface area contributed by atoms with Crippen molar-refractivity contribution in [1.29, 1.82) is 0 Å². The lowest BCUT2D eigenvalue weighted by atomic mass is 9.82. The van der Waals surface area contributed by atoms with Gasteiger partial charge in [0.25, 0.3) is 0 Å². The SMILES string of the molecule is CC1CCC(OCC(CS(N)(=O)=O)C(C)(C)C)CC1. The molecule has 1 atom stereocenters. The third-order valence-electron chi connectivity index (χ3n) is 4.15. The summed E-state index contributed by atoms with van der Waals surface area (Å²) < 4.78 is 28.6. The molecule has 1 aliphatic carbocycles. The van der Waals surface area contributed by atoms with Gasteiger partial charge in [-0.2, -0.15) is 0 Å². The maximum absolute atomic E-state index is 11.3. The van der Waals surface area contributed by atoms with Gasteiger partial charge < -0.3 is 4.74 Å². The molecule has 0 aromatic heterocycles. The molecule has 1 aliphatic rings. The van der Waals surface area contributed by atoms with E-state index in [4.69, 9.17) is 9.88 Å². The van der Waals surface area contributed by atoms with Crippen molar-refractivity contribution < 1.29 is 13.2 Å². The quantitative estimate of drug-likeness (QED) is 0.846. The van der Waals surface area contributed by atoms with Crippen LogP contribution in [0.2, 0.25) is 0 Å². The number of hydrogen-bond acceptors (Lipinski definition) is 3. The minimum absolute atomic E-state index is 0.000374. The molecular weight excluding hydrogens is 262 g/mol. The van der Waals surface area contributed by atoms with Gasteiger partial charge in [-0.25, -0.2) is 13.6 Å². The maximum Gasteiger partial charge on any atom is 0.209 e. The zero-order chi connectivity index (χ0) is 14.7. The molecule has 19 heavy (non-hydrogen) atoms. The van der Waals surface area contributed by atoms with Crippen molar-refractivity contribution in [2.24, 2.45) is 22.4 Å². The van der Waals surface area contributed by atoms with Gasteiger partial charge in [0, 0.05) is 5.92 Å². The van der Waals surface area contributed by atoms with Gasteiger partial charge in [-0.15, -0.1) is 0 Å². The van der Waals surface area contributed by atoms with Gasteiger partial charge in [-0.1, -0.05) is 27.7 Å². The van der Waals surface area contributed by atoms with Crippen molar-refractivity contribution in [3.05, 3.63) is 0 Å². The Morgan fingerprint density at radius 2 is 1.74 bits per heavy atom. The fourth-order valence-electron chi connectivity index (χ4n) is 2.48. The van der Waals surface area contributed by atoms with Crippen molar-refractivity contribution in [2.45, 2.75) is 59.5 Å². The van der Waals surface area contributed by atoms with Crippen LogP contribution in [-0.4, -0.2) is 26.9 Å². The van der Waals surface area contributed by atoms with Crippen LogP contribution in [0, 0.1) is 17.3 Å². The van der Waals surface area contributed by atoms with Gasteiger partial charge in [0.1, 0.15) is 0 Å². The number of primary sulfonamides is 1. The number of ether oxygens (including phenoxy) is 1. The lowest BCUT2D eigenvalue weighted by Gasteiger charge is -2.33. The van der Waals surface area contributed by atoms with Crippen molar-refractivity contribution in [2.75, 3.05) is 12.4 Å².